The zero-order chi connectivity index (χ0) is 14.6. The second-order valence-corrected chi connectivity index (χ2v) is 4.79. The molecule has 1 rings (SSSR count). The zero-order valence-corrected chi connectivity index (χ0v) is 11.3. The van der Waals surface area contributed by atoms with Gasteiger partial charge < -0.3 is 21.4 Å². The van der Waals surface area contributed by atoms with Gasteiger partial charge in [0.15, 0.2) is 5.84 Å². The number of aromatic hydroxyl groups is 1. The summed E-state index contributed by atoms with van der Waals surface area (Å²) in [5.41, 5.74) is 5.79. The molecule has 0 heterocycles. The first kappa shape index (κ1) is 15.1. The van der Waals surface area contributed by atoms with Crippen LogP contribution in [-0.4, -0.2) is 28.1 Å². The van der Waals surface area contributed by atoms with E-state index in [1.54, 1.807) is 0 Å². The van der Waals surface area contributed by atoms with Crippen LogP contribution in [0.2, 0.25) is 5.02 Å². The van der Waals surface area contributed by atoms with E-state index in [0.717, 1.165) is 0 Å². The van der Waals surface area contributed by atoms with Crippen molar-refractivity contribution in [3.63, 3.8) is 0 Å². The molecule has 6 nitrogen and oxygen atoms in total. The molecule has 104 valence electrons. The first-order valence-corrected chi connectivity index (χ1v) is 6.01. The number of carbonyl (C=O) groups excluding carboxylic acids is 1. The number of rotatable bonds is 4. The van der Waals surface area contributed by atoms with E-state index < -0.39 is 11.9 Å². The van der Waals surface area contributed by atoms with Gasteiger partial charge in [-0.2, -0.15) is 0 Å². The highest BCUT2D eigenvalue weighted by molar-refractivity contribution is 6.32. The van der Waals surface area contributed by atoms with Gasteiger partial charge in [-0.25, -0.2) is 0 Å². The summed E-state index contributed by atoms with van der Waals surface area (Å²) in [6.45, 7) is 3.65. The van der Waals surface area contributed by atoms with Crippen LogP contribution in [0.5, 0.6) is 5.75 Å². The molecule has 7 heteroatoms. The number of nitrogens with one attached hydrogen (secondary N) is 1. The summed E-state index contributed by atoms with van der Waals surface area (Å²) in [4.78, 5) is 12.0. The average molecular weight is 286 g/mol. The van der Waals surface area contributed by atoms with Crippen LogP contribution in [0.1, 0.15) is 24.2 Å². The summed E-state index contributed by atoms with van der Waals surface area (Å²) in [6, 6.07) is 3.51. The number of phenols is 1. The molecule has 5 N–H and O–H groups in total. The molecule has 1 amide bonds. The maximum Gasteiger partial charge on any atom is 0.251 e. The Hall–Kier alpha value is -1.95. The van der Waals surface area contributed by atoms with Crippen LogP contribution < -0.4 is 11.1 Å². The van der Waals surface area contributed by atoms with Crippen LogP contribution in [0.4, 0.5) is 0 Å². The van der Waals surface area contributed by atoms with Crippen molar-refractivity contribution in [1.29, 1.82) is 0 Å². The van der Waals surface area contributed by atoms with Gasteiger partial charge in [-0.1, -0.05) is 30.6 Å². The fourth-order valence-corrected chi connectivity index (χ4v) is 1.70. The molecular formula is C12H16ClN3O3. The number of nitrogens with zero attached hydrogens (tertiary/aromatic N) is 1. The Morgan fingerprint density at radius 1 is 1.47 bits per heavy atom. The molecule has 1 aromatic carbocycles. The van der Waals surface area contributed by atoms with Crippen molar-refractivity contribution in [2.24, 2.45) is 16.8 Å². The maximum absolute atomic E-state index is 12.0. The second kappa shape index (κ2) is 6.29. The average Bonchev–Trinajstić information content (AvgIpc) is 2.37. The Balaban J connectivity index is 2.91. The molecule has 1 unspecified atom stereocenters. The molecule has 0 radical (unpaired) electrons. The normalized spacial score (nSPS) is 13.4. The largest absolute Gasteiger partial charge is 0.506 e. The molecule has 0 saturated carbocycles. The summed E-state index contributed by atoms with van der Waals surface area (Å²) in [5.74, 6) is -0.650. The number of phenolic OH excluding ortho intramolecular Hbond substituents is 1. The predicted octanol–water partition coefficient (Wildman–Crippen LogP) is 1.55. The first-order valence-electron chi connectivity index (χ1n) is 5.63. The van der Waals surface area contributed by atoms with Gasteiger partial charge in [0, 0.05) is 5.56 Å². The topological polar surface area (TPSA) is 108 Å². The third-order valence-corrected chi connectivity index (χ3v) is 2.90. The number of halogens is 1. The van der Waals surface area contributed by atoms with Gasteiger partial charge >= 0.3 is 0 Å². The number of amides is 1. The van der Waals surface area contributed by atoms with Gasteiger partial charge in [0.25, 0.3) is 5.91 Å². The van der Waals surface area contributed by atoms with E-state index >= 15 is 0 Å². The third-order valence-electron chi connectivity index (χ3n) is 2.60. The standard InChI is InChI=1S/C12H16ClN3O3/c1-6(2)10(11(14)16-19)15-12(18)7-3-4-9(17)8(13)5-7/h3-6,10,17,19H,1-2H3,(H2,14,16)(H,15,18). The van der Waals surface area contributed by atoms with E-state index in [1.165, 1.54) is 18.2 Å². The Kier molecular flexibility index (Phi) is 5.00. The number of oxime groups is 1. The smallest absolute Gasteiger partial charge is 0.251 e. The van der Waals surface area contributed by atoms with Gasteiger partial charge in [-0.05, 0) is 24.1 Å². The van der Waals surface area contributed by atoms with E-state index in [9.17, 15) is 9.90 Å². The maximum atomic E-state index is 12.0. The number of amidine groups is 1. The van der Waals surface area contributed by atoms with Gasteiger partial charge in [-0.15, -0.1) is 0 Å². The Bertz CT molecular complexity index is 503. The minimum Gasteiger partial charge on any atom is -0.506 e. The highest BCUT2D eigenvalue weighted by Gasteiger charge is 2.21. The fourth-order valence-electron chi connectivity index (χ4n) is 1.52. The Morgan fingerprint density at radius 3 is 2.58 bits per heavy atom. The summed E-state index contributed by atoms with van der Waals surface area (Å²) in [7, 11) is 0. The molecule has 0 aliphatic heterocycles. The van der Waals surface area contributed by atoms with Crippen molar-refractivity contribution in [1.82, 2.24) is 5.32 Å². The Labute approximate surface area is 115 Å². The van der Waals surface area contributed by atoms with Crippen molar-refractivity contribution in [3.8, 4) is 5.75 Å². The third kappa shape index (κ3) is 3.75. The van der Waals surface area contributed by atoms with Gasteiger partial charge in [0.1, 0.15) is 5.75 Å². The lowest BCUT2D eigenvalue weighted by Gasteiger charge is -2.20. The van der Waals surface area contributed by atoms with E-state index in [-0.39, 0.29) is 28.1 Å². The number of benzene rings is 1. The molecule has 0 saturated heterocycles. The molecule has 0 spiro atoms. The van der Waals surface area contributed by atoms with Crippen LogP contribution in [0, 0.1) is 5.92 Å². The lowest BCUT2D eigenvalue weighted by atomic mass is 10.0. The molecule has 19 heavy (non-hydrogen) atoms. The van der Waals surface area contributed by atoms with Crippen molar-refractivity contribution < 1.29 is 15.1 Å². The van der Waals surface area contributed by atoms with E-state index in [4.69, 9.17) is 22.5 Å². The van der Waals surface area contributed by atoms with Crippen molar-refractivity contribution >= 4 is 23.3 Å². The monoisotopic (exact) mass is 285 g/mol. The van der Waals surface area contributed by atoms with Crippen LogP contribution in [0.25, 0.3) is 0 Å². The zero-order valence-electron chi connectivity index (χ0n) is 10.6. The van der Waals surface area contributed by atoms with Crippen LogP contribution in [-0.2, 0) is 0 Å². The SMILES string of the molecule is CC(C)C(NC(=O)c1ccc(O)c(Cl)c1)C(N)=NO. The van der Waals surface area contributed by atoms with E-state index in [1.807, 2.05) is 13.8 Å². The minimum atomic E-state index is -0.593. The van der Waals surface area contributed by atoms with Crippen molar-refractivity contribution in [2.75, 3.05) is 0 Å². The molecule has 1 aromatic rings. The number of hydrogen-bond acceptors (Lipinski definition) is 4. The second-order valence-electron chi connectivity index (χ2n) is 4.39. The van der Waals surface area contributed by atoms with E-state index in [2.05, 4.69) is 10.5 Å². The van der Waals surface area contributed by atoms with Crippen LogP contribution >= 0.6 is 11.6 Å². The summed E-state index contributed by atoms with van der Waals surface area (Å²) >= 11 is 5.73. The molecule has 0 aliphatic carbocycles. The predicted molar refractivity (Wildman–Crippen MR) is 72.6 cm³/mol. The fraction of sp³-hybridized carbons (Fsp3) is 0.333. The van der Waals surface area contributed by atoms with Gasteiger partial charge in [-0.3, -0.25) is 4.79 Å². The lowest BCUT2D eigenvalue weighted by Crippen LogP contribution is -2.47. The highest BCUT2D eigenvalue weighted by Crippen LogP contribution is 2.23. The number of nitrogens with two attached hydrogens (primary N) is 1. The van der Waals surface area contributed by atoms with Crippen molar-refractivity contribution in [3.05, 3.63) is 28.8 Å². The summed E-state index contributed by atoms with van der Waals surface area (Å²) < 4.78 is 0. The molecule has 0 aliphatic rings. The minimum absolute atomic E-state index is 0.0487. The molecule has 1 atom stereocenters. The summed E-state index contributed by atoms with van der Waals surface area (Å²) in [5, 5.41) is 23.6. The number of hydrogen-bond donors (Lipinski definition) is 4. The van der Waals surface area contributed by atoms with Gasteiger partial charge in [0.2, 0.25) is 0 Å². The number of carbonyl (C=O) groups is 1. The lowest BCUT2D eigenvalue weighted by molar-refractivity contribution is 0.0939. The molecule has 0 bridgehead atoms. The Morgan fingerprint density at radius 2 is 2.11 bits per heavy atom. The molecule has 0 fully saturated rings. The van der Waals surface area contributed by atoms with Crippen molar-refractivity contribution in [2.45, 2.75) is 19.9 Å². The molecule has 0 aromatic heterocycles. The van der Waals surface area contributed by atoms with E-state index in [0.29, 0.717) is 0 Å². The quantitative estimate of drug-likeness (QED) is 0.291. The van der Waals surface area contributed by atoms with Crippen LogP contribution in [0.3, 0.4) is 0 Å². The summed E-state index contributed by atoms with van der Waals surface area (Å²) in [6.07, 6.45) is 0. The van der Waals surface area contributed by atoms with Crippen LogP contribution in [0.15, 0.2) is 23.4 Å². The first-order chi connectivity index (χ1) is 8.86. The molecular weight excluding hydrogens is 270 g/mol. The highest BCUT2D eigenvalue weighted by atomic mass is 35.5. The van der Waals surface area contributed by atoms with Gasteiger partial charge in [0.05, 0.1) is 11.1 Å².